The molecule has 0 aromatic carbocycles. The molecule has 0 bridgehead atoms. The average molecular weight is 403 g/mol. The first-order valence-electron chi connectivity index (χ1n) is 11.3. The van der Waals surface area contributed by atoms with Crippen molar-refractivity contribution >= 4 is 0 Å². The highest BCUT2D eigenvalue weighted by Crippen LogP contribution is 2.71. The van der Waals surface area contributed by atoms with E-state index in [1.165, 1.54) is 6.07 Å². The first-order valence-corrected chi connectivity index (χ1v) is 11.3. The summed E-state index contributed by atoms with van der Waals surface area (Å²) in [6.07, 6.45) is 8.22. The summed E-state index contributed by atoms with van der Waals surface area (Å²) < 4.78 is 5.15. The molecule has 0 unspecified atom stereocenters. The minimum atomic E-state index is -0.823. The largest absolute Gasteiger partial charge is 0.431 e. The Balaban J connectivity index is 1.50. The Morgan fingerprint density at radius 3 is 2.38 bits per heavy atom. The highest BCUT2D eigenvalue weighted by Gasteiger charge is 2.69. The van der Waals surface area contributed by atoms with Crippen LogP contribution in [0.1, 0.15) is 83.1 Å². The number of aliphatic hydroxyl groups is 3. The van der Waals surface area contributed by atoms with Crippen LogP contribution in [0.25, 0.3) is 0 Å². The van der Waals surface area contributed by atoms with Gasteiger partial charge in [-0.1, -0.05) is 13.8 Å². The Morgan fingerprint density at radius 2 is 1.66 bits per heavy atom. The zero-order chi connectivity index (χ0) is 20.7. The molecule has 4 saturated carbocycles. The third-order valence-corrected chi connectivity index (χ3v) is 10.1. The van der Waals surface area contributed by atoms with E-state index in [2.05, 4.69) is 13.8 Å². The minimum Gasteiger partial charge on any atom is -0.431 e. The van der Waals surface area contributed by atoms with Crippen molar-refractivity contribution in [2.24, 2.45) is 22.7 Å². The fourth-order valence-electron chi connectivity index (χ4n) is 8.30. The van der Waals surface area contributed by atoms with E-state index in [-0.39, 0.29) is 34.2 Å². The maximum atomic E-state index is 12.2. The Bertz CT molecular complexity index is 845. The maximum absolute atomic E-state index is 12.2. The zero-order valence-corrected chi connectivity index (χ0v) is 17.6. The number of fused-ring (bicyclic) bond motifs is 5. The van der Waals surface area contributed by atoms with Gasteiger partial charge in [0.25, 0.3) is 0 Å². The topological polar surface area (TPSA) is 90.9 Å². The summed E-state index contributed by atoms with van der Waals surface area (Å²) in [5, 5.41) is 33.9. The summed E-state index contributed by atoms with van der Waals surface area (Å²) in [5.74, 6) is 0.626. The standard InChI is InChI=1S/C24H34O5/c1-21-9-5-16(25)13-23(21,27)11-7-19-18(21)6-10-22(2)17(8-12-24(19,22)28)15-3-4-20(26)29-14-15/h3-4,14,16-19,25,27-28H,5-13H2,1-2H3/t16-,17+,18-,19+,21+,22+,23-,24-/m0/s1. The predicted octanol–water partition coefficient (Wildman–Crippen LogP) is 3.36. The van der Waals surface area contributed by atoms with E-state index >= 15 is 0 Å². The molecule has 5 heteroatoms. The first kappa shape index (κ1) is 19.8. The summed E-state index contributed by atoms with van der Waals surface area (Å²) >= 11 is 0. The smallest absolute Gasteiger partial charge is 0.335 e. The first-order chi connectivity index (χ1) is 13.6. The fraction of sp³-hybridized carbons (Fsp3) is 0.792. The van der Waals surface area contributed by atoms with E-state index in [1.54, 1.807) is 6.26 Å². The second kappa shape index (κ2) is 6.18. The molecule has 0 aliphatic heterocycles. The van der Waals surface area contributed by atoms with Crippen molar-refractivity contribution in [3.63, 3.8) is 0 Å². The van der Waals surface area contributed by atoms with E-state index in [4.69, 9.17) is 4.42 Å². The van der Waals surface area contributed by atoms with Gasteiger partial charge in [0.1, 0.15) is 0 Å². The van der Waals surface area contributed by atoms with Crippen LogP contribution in [0, 0.1) is 22.7 Å². The number of aliphatic hydroxyl groups excluding tert-OH is 1. The quantitative estimate of drug-likeness (QED) is 0.670. The molecule has 4 aliphatic carbocycles. The van der Waals surface area contributed by atoms with Crippen LogP contribution in [0.2, 0.25) is 0 Å². The molecular weight excluding hydrogens is 368 g/mol. The van der Waals surface area contributed by atoms with Gasteiger partial charge in [-0.15, -0.1) is 0 Å². The summed E-state index contributed by atoms with van der Waals surface area (Å²) in [6.45, 7) is 4.43. The lowest BCUT2D eigenvalue weighted by atomic mass is 9.42. The van der Waals surface area contributed by atoms with Gasteiger partial charge in [-0.05, 0) is 86.2 Å². The van der Waals surface area contributed by atoms with E-state index in [1.807, 2.05) is 6.07 Å². The molecule has 3 N–H and O–H groups in total. The number of rotatable bonds is 1. The molecular formula is C24H34O5. The molecule has 4 fully saturated rings. The maximum Gasteiger partial charge on any atom is 0.335 e. The van der Waals surface area contributed by atoms with Crippen molar-refractivity contribution in [3.05, 3.63) is 34.4 Å². The Labute approximate surface area is 172 Å². The molecule has 160 valence electrons. The van der Waals surface area contributed by atoms with Gasteiger partial charge in [0.15, 0.2) is 0 Å². The highest BCUT2D eigenvalue weighted by atomic mass is 16.4. The third-order valence-electron chi connectivity index (χ3n) is 10.1. The Hall–Kier alpha value is -1.17. The molecule has 8 atom stereocenters. The van der Waals surface area contributed by atoms with Crippen LogP contribution in [0.5, 0.6) is 0 Å². The molecule has 1 aromatic rings. The SMILES string of the molecule is C[C@]12CC[C@H](O)C[C@@]1(O)CC[C@@H]1[C@@H]2CC[C@]2(C)[C@@H](c3ccc(=O)oc3)CC[C@]12O. The number of hydrogen-bond donors (Lipinski definition) is 3. The van der Waals surface area contributed by atoms with Crippen LogP contribution in [0.15, 0.2) is 27.6 Å². The van der Waals surface area contributed by atoms with Gasteiger partial charge in [0, 0.05) is 17.9 Å². The predicted molar refractivity (Wildman–Crippen MR) is 108 cm³/mol. The fourth-order valence-corrected chi connectivity index (χ4v) is 8.30. The summed E-state index contributed by atoms with van der Waals surface area (Å²) in [4.78, 5) is 11.4. The third kappa shape index (κ3) is 2.47. The van der Waals surface area contributed by atoms with Crippen LogP contribution >= 0.6 is 0 Å². The van der Waals surface area contributed by atoms with Crippen molar-refractivity contribution < 1.29 is 19.7 Å². The summed E-state index contributed by atoms with van der Waals surface area (Å²) in [5.41, 5.74) is -1.41. The molecule has 0 radical (unpaired) electrons. The van der Waals surface area contributed by atoms with Crippen LogP contribution in [0.4, 0.5) is 0 Å². The van der Waals surface area contributed by atoms with Crippen LogP contribution in [-0.2, 0) is 0 Å². The van der Waals surface area contributed by atoms with E-state index in [9.17, 15) is 20.1 Å². The summed E-state index contributed by atoms with van der Waals surface area (Å²) in [7, 11) is 0. The molecule has 29 heavy (non-hydrogen) atoms. The molecule has 0 amide bonds. The molecule has 5 rings (SSSR count). The lowest BCUT2D eigenvalue weighted by Crippen LogP contribution is -2.67. The summed E-state index contributed by atoms with van der Waals surface area (Å²) in [6, 6.07) is 3.35. The molecule has 5 nitrogen and oxygen atoms in total. The highest BCUT2D eigenvalue weighted by molar-refractivity contribution is 5.27. The van der Waals surface area contributed by atoms with Gasteiger partial charge in [0.05, 0.1) is 23.6 Å². The molecule has 1 heterocycles. The molecule has 4 aliphatic rings. The Morgan fingerprint density at radius 1 is 0.931 bits per heavy atom. The second-order valence-electron chi connectivity index (χ2n) is 11.0. The van der Waals surface area contributed by atoms with Crippen LogP contribution < -0.4 is 5.63 Å². The average Bonchev–Trinajstić information content (AvgIpc) is 2.95. The second-order valence-corrected chi connectivity index (χ2v) is 11.0. The molecule has 1 aromatic heterocycles. The van der Waals surface area contributed by atoms with Crippen molar-refractivity contribution in [3.8, 4) is 0 Å². The van der Waals surface area contributed by atoms with Crippen molar-refractivity contribution in [1.82, 2.24) is 0 Å². The van der Waals surface area contributed by atoms with E-state index < -0.39 is 17.3 Å². The van der Waals surface area contributed by atoms with Gasteiger partial charge in [-0.25, -0.2) is 4.79 Å². The zero-order valence-electron chi connectivity index (χ0n) is 17.6. The molecule has 0 spiro atoms. The van der Waals surface area contributed by atoms with Gasteiger partial charge in [-0.2, -0.15) is 0 Å². The van der Waals surface area contributed by atoms with Crippen LogP contribution in [-0.4, -0.2) is 32.6 Å². The van der Waals surface area contributed by atoms with Crippen LogP contribution in [0.3, 0.4) is 0 Å². The normalized spacial score (nSPS) is 51.8. The van der Waals surface area contributed by atoms with Gasteiger partial charge in [0.2, 0.25) is 0 Å². The lowest BCUT2D eigenvalue weighted by Gasteiger charge is -2.66. The monoisotopic (exact) mass is 402 g/mol. The lowest BCUT2D eigenvalue weighted by molar-refractivity contribution is -0.253. The van der Waals surface area contributed by atoms with E-state index in [0.29, 0.717) is 12.8 Å². The Kier molecular flexibility index (Phi) is 4.21. The van der Waals surface area contributed by atoms with Crippen molar-refractivity contribution in [2.75, 3.05) is 0 Å². The van der Waals surface area contributed by atoms with Crippen molar-refractivity contribution in [1.29, 1.82) is 0 Å². The van der Waals surface area contributed by atoms with Gasteiger partial charge in [-0.3, -0.25) is 0 Å². The molecule has 0 saturated heterocycles. The van der Waals surface area contributed by atoms with Gasteiger partial charge >= 0.3 is 5.63 Å². The van der Waals surface area contributed by atoms with E-state index in [0.717, 1.165) is 50.5 Å². The van der Waals surface area contributed by atoms with Crippen molar-refractivity contribution in [2.45, 2.75) is 94.9 Å². The minimum absolute atomic E-state index is 0.169. The van der Waals surface area contributed by atoms with Gasteiger partial charge < -0.3 is 19.7 Å². The number of hydrogen-bond acceptors (Lipinski definition) is 5.